The molecule has 1 N–H and O–H groups in total. The van der Waals surface area contributed by atoms with Gasteiger partial charge in [0.15, 0.2) is 5.84 Å². The molecule has 1 amide bonds. The summed E-state index contributed by atoms with van der Waals surface area (Å²) in [5.74, 6) is -0.790. The number of aryl methyl sites for hydroxylation is 1. The molecule has 0 aliphatic carbocycles. The van der Waals surface area contributed by atoms with Gasteiger partial charge in [-0.3, -0.25) is 10.2 Å². The first kappa shape index (κ1) is 22.3. The fourth-order valence-corrected chi connectivity index (χ4v) is 5.00. The van der Waals surface area contributed by atoms with Crippen LogP contribution < -0.4 is 0 Å². The largest absolute Gasteiger partial charge is 0.318 e. The van der Waals surface area contributed by atoms with Gasteiger partial charge >= 0.3 is 0 Å². The van der Waals surface area contributed by atoms with Crippen LogP contribution in [0.25, 0.3) is 11.8 Å². The first-order valence-corrected chi connectivity index (χ1v) is 11.7. The van der Waals surface area contributed by atoms with Crippen LogP contribution in [0.4, 0.5) is 4.39 Å². The van der Waals surface area contributed by atoms with Crippen molar-refractivity contribution in [2.75, 3.05) is 0 Å². The number of thioether (sulfide) groups is 1. The molecule has 6 nitrogen and oxygen atoms in total. The number of aromatic nitrogens is 1. The van der Waals surface area contributed by atoms with E-state index < -0.39 is 5.91 Å². The molecule has 34 heavy (non-hydrogen) atoms. The third-order valence-electron chi connectivity index (χ3n) is 5.62. The van der Waals surface area contributed by atoms with Gasteiger partial charge in [0.25, 0.3) is 5.91 Å². The number of fused-ring (bicyclic) bond motifs is 1. The maximum atomic E-state index is 13.4. The van der Waals surface area contributed by atoms with Crippen LogP contribution in [0.15, 0.2) is 70.3 Å². The number of hydrogen-bond acceptors (Lipinski definition) is 4. The predicted octanol–water partition coefficient (Wildman–Crippen LogP) is 5.75. The van der Waals surface area contributed by atoms with Crippen molar-refractivity contribution in [1.29, 1.82) is 5.41 Å². The molecule has 1 aromatic heterocycles. The molecular formula is C25H19ClFN5OS. The second-order valence-corrected chi connectivity index (χ2v) is 9.43. The minimum Gasteiger partial charge on any atom is -0.318 e. The molecule has 0 saturated carbocycles. The van der Waals surface area contributed by atoms with Crippen LogP contribution in [0.2, 0.25) is 5.02 Å². The molecule has 0 saturated heterocycles. The van der Waals surface area contributed by atoms with Gasteiger partial charge in [-0.15, -0.1) is 0 Å². The Hall–Kier alpha value is -3.49. The van der Waals surface area contributed by atoms with Crippen LogP contribution in [0.5, 0.6) is 0 Å². The monoisotopic (exact) mass is 491 g/mol. The van der Waals surface area contributed by atoms with Gasteiger partial charge in [0.1, 0.15) is 10.9 Å². The molecule has 3 aromatic rings. The second kappa shape index (κ2) is 8.70. The molecule has 0 bridgehead atoms. The van der Waals surface area contributed by atoms with E-state index in [-0.39, 0.29) is 17.2 Å². The molecule has 2 aliphatic heterocycles. The Balaban J connectivity index is 1.44. The van der Waals surface area contributed by atoms with E-state index in [1.807, 2.05) is 48.7 Å². The Bertz CT molecular complexity index is 1420. The molecule has 2 aliphatic rings. The predicted molar refractivity (Wildman–Crippen MR) is 135 cm³/mol. The van der Waals surface area contributed by atoms with Crippen molar-refractivity contribution in [3.8, 4) is 5.69 Å². The number of carbonyl (C=O) groups excluding carboxylic acids is 1. The highest BCUT2D eigenvalue weighted by Crippen LogP contribution is 2.31. The topological polar surface area (TPSA) is 73.8 Å². The van der Waals surface area contributed by atoms with Gasteiger partial charge in [0.05, 0.1) is 5.57 Å². The highest BCUT2D eigenvalue weighted by molar-refractivity contribution is 8.26. The molecule has 0 radical (unpaired) electrons. The maximum absolute atomic E-state index is 13.4. The van der Waals surface area contributed by atoms with Crippen LogP contribution in [-0.2, 0) is 11.2 Å². The van der Waals surface area contributed by atoms with E-state index >= 15 is 0 Å². The number of amidine groups is 2. The summed E-state index contributed by atoms with van der Waals surface area (Å²) in [4.78, 5) is 17.0. The number of benzene rings is 2. The summed E-state index contributed by atoms with van der Waals surface area (Å²) in [5, 5.41) is 16.4. The standard InChI is InChI=1S/C25H19ClFN5OS/c1-14-11-17(15(2)31(14)20-9-7-19(27)8-10-20)13-21-23(28)32-25(29-24(21)33)34-22(30-32)12-16-3-5-18(26)6-4-16/h3-11,13,28H,12H2,1-2H3/b21-13+,28-23?. The highest BCUT2D eigenvalue weighted by atomic mass is 35.5. The molecule has 2 aromatic carbocycles. The number of carbonyl (C=O) groups is 1. The average molecular weight is 492 g/mol. The molecule has 0 fully saturated rings. The Morgan fingerprint density at radius 2 is 1.82 bits per heavy atom. The smallest absolute Gasteiger partial charge is 0.283 e. The van der Waals surface area contributed by atoms with Crippen molar-refractivity contribution in [3.05, 3.63) is 93.5 Å². The molecule has 0 spiro atoms. The highest BCUT2D eigenvalue weighted by Gasteiger charge is 2.35. The first-order valence-electron chi connectivity index (χ1n) is 10.5. The molecule has 0 unspecified atom stereocenters. The Labute approximate surface area is 205 Å². The van der Waals surface area contributed by atoms with Crippen LogP contribution in [0.3, 0.4) is 0 Å². The summed E-state index contributed by atoms with van der Waals surface area (Å²) in [5.41, 5.74) is 4.59. The van der Waals surface area contributed by atoms with E-state index in [1.165, 1.54) is 28.9 Å². The normalized spacial score (nSPS) is 16.7. The summed E-state index contributed by atoms with van der Waals surface area (Å²) in [7, 11) is 0. The summed E-state index contributed by atoms with van der Waals surface area (Å²) in [6, 6.07) is 15.6. The van der Waals surface area contributed by atoms with E-state index in [2.05, 4.69) is 10.1 Å². The van der Waals surface area contributed by atoms with Crippen LogP contribution in [0.1, 0.15) is 22.5 Å². The van der Waals surface area contributed by atoms with E-state index in [1.54, 1.807) is 18.2 Å². The van der Waals surface area contributed by atoms with Gasteiger partial charge in [-0.05, 0) is 85.3 Å². The summed E-state index contributed by atoms with van der Waals surface area (Å²) in [6.07, 6.45) is 2.22. The van der Waals surface area contributed by atoms with Gasteiger partial charge in [0.2, 0.25) is 5.17 Å². The lowest BCUT2D eigenvalue weighted by molar-refractivity contribution is -0.114. The fourth-order valence-electron chi connectivity index (χ4n) is 3.96. The number of hydrogen-bond donors (Lipinski definition) is 1. The molecule has 0 atom stereocenters. The number of hydrazone groups is 1. The zero-order valence-corrected chi connectivity index (χ0v) is 19.9. The second-order valence-electron chi connectivity index (χ2n) is 7.96. The summed E-state index contributed by atoms with van der Waals surface area (Å²) >= 11 is 7.24. The van der Waals surface area contributed by atoms with Crippen molar-refractivity contribution in [2.45, 2.75) is 20.3 Å². The van der Waals surface area contributed by atoms with Gasteiger partial charge in [0, 0.05) is 28.5 Å². The number of amides is 1. The lowest BCUT2D eigenvalue weighted by Crippen LogP contribution is -2.35. The van der Waals surface area contributed by atoms with Gasteiger partial charge < -0.3 is 4.57 Å². The van der Waals surface area contributed by atoms with Crippen molar-refractivity contribution in [1.82, 2.24) is 9.58 Å². The van der Waals surface area contributed by atoms with Gasteiger partial charge in [-0.25, -0.2) is 4.39 Å². The lowest BCUT2D eigenvalue weighted by atomic mass is 10.1. The molecule has 5 rings (SSSR count). The number of nitrogens with one attached hydrogen (secondary N) is 1. The zero-order valence-electron chi connectivity index (χ0n) is 18.3. The van der Waals surface area contributed by atoms with Crippen LogP contribution in [0, 0.1) is 25.1 Å². The van der Waals surface area contributed by atoms with Gasteiger partial charge in [-0.2, -0.15) is 15.1 Å². The number of halogens is 2. The van der Waals surface area contributed by atoms with E-state index in [0.717, 1.165) is 33.2 Å². The fraction of sp³-hybridized carbons (Fsp3) is 0.120. The minimum absolute atomic E-state index is 0.0137. The van der Waals surface area contributed by atoms with Crippen molar-refractivity contribution in [2.24, 2.45) is 10.1 Å². The molecule has 170 valence electrons. The quantitative estimate of drug-likeness (QED) is 0.472. The average Bonchev–Trinajstić information content (AvgIpc) is 3.33. The third-order valence-corrected chi connectivity index (χ3v) is 6.78. The third kappa shape index (κ3) is 4.10. The number of rotatable bonds is 4. The molecule has 3 heterocycles. The number of aliphatic imine (C=N–C) groups is 1. The van der Waals surface area contributed by atoms with Gasteiger partial charge in [-0.1, -0.05) is 23.7 Å². The van der Waals surface area contributed by atoms with Crippen molar-refractivity contribution >= 4 is 51.4 Å². The van der Waals surface area contributed by atoms with E-state index in [9.17, 15) is 9.18 Å². The van der Waals surface area contributed by atoms with Crippen molar-refractivity contribution in [3.63, 3.8) is 0 Å². The van der Waals surface area contributed by atoms with E-state index in [4.69, 9.17) is 17.0 Å². The van der Waals surface area contributed by atoms with Crippen LogP contribution >= 0.6 is 23.4 Å². The lowest BCUT2D eigenvalue weighted by Gasteiger charge is -2.20. The Morgan fingerprint density at radius 3 is 2.53 bits per heavy atom. The number of nitrogens with zero attached hydrogens (tertiary/aromatic N) is 4. The zero-order chi connectivity index (χ0) is 24.0. The van der Waals surface area contributed by atoms with Crippen molar-refractivity contribution < 1.29 is 9.18 Å². The Kier molecular flexibility index (Phi) is 5.71. The van der Waals surface area contributed by atoms with E-state index in [0.29, 0.717) is 16.6 Å². The molecule has 9 heteroatoms. The SMILES string of the molecule is Cc1cc(/C=C2\C(=N)N3N=C(Cc4ccc(Cl)cc4)SC3=NC2=O)c(C)n1-c1ccc(F)cc1. The first-order chi connectivity index (χ1) is 16.3. The maximum Gasteiger partial charge on any atom is 0.283 e. The summed E-state index contributed by atoms with van der Waals surface area (Å²) in [6.45, 7) is 3.86. The summed E-state index contributed by atoms with van der Waals surface area (Å²) < 4.78 is 15.3. The van der Waals surface area contributed by atoms with Crippen LogP contribution in [-0.4, -0.2) is 31.5 Å². The minimum atomic E-state index is -0.474. The molecular weight excluding hydrogens is 473 g/mol. The Morgan fingerprint density at radius 1 is 1.12 bits per heavy atom.